The molecule has 0 saturated heterocycles. The Morgan fingerprint density at radius 2 is 1.86 bits per heavy atom. The van der Waals surface area contributed by atoms with Crippen molar-refractivity contribution in [3.63, 3.8) is 0 Å². The lowest BCUT2D eigenvalue weighted by atomic mass is 10.1. The lowest BCUT2D eigenvalue weighted by Gasteiger charge is -2.04. The van der Waals surface area contributed by atoms with Crippen LogP contribution in [0, 0.1) is 0 Å². The third-order valence-corrected chi connectivity index (χ3v) is 3.49. The van der Waals surface area contributed by atoms with Crippen LogP contribution in [0.3, 0.4) is 0 Å². The van der Waals surface area contributed by atoms with Gasteiger partial charge in [0.15, 0.2) is 0 Å². The van der Waals surface area contributed by atoms with Gasteiger partial charge in [-0.1, -0.05) is 45.0 Å². The first-order chi connectivity index (χ1) is 10.6. The normalized spacial score (nSPS) is 10.9. The lowest BCUT2D eigenvalue weighted by molar-refractivity contribution is -0.121. The van der Waals surface area contributed by atoms with E-state index in [4.69, 9.17) is 4.42 Å². The third kappa shape index (κ3) is 4.69. The Bertz CT molecular complexity index is 603. The number of rotatable bonds is 7. The average Bonchev–Trinajstić information content (AvgIpc) is 3.00. The summed E-state index contributed by atoms with van der Waals surface area (Å²) in [6.07, 6.45) is 2.22. The molecule has 0 spiro atoms. The summed E-state index contributed by atoms with van der Waals surface area (Å²) < 4.78 is 5.45. The van der Waals surface area contributed by atoms with E-state index < -0.39 is 0 Å². The average molecular weight is 301 g/mol. The Kier molecular flexibility index (Phi) is 5.69. The molecule has 5 heteroatoms. The van der Waals surface area contributed by atoms with Crippen LogP contribution in [0.2, 0.25) is 0 Å². The fourth-order valence-corrected chi connectivity index (χ4v) is 2.03. The molecule has 1 N–H and O–H groups in total. The van der Waals surface area contributed by atoms with E-state index >= 15 is 0 Å². The Morgan fingerprint density at radius 1 is 1.18 bits per heavy atom. The maximum absolute atomic E-state index is 11.9. The molecule has 2 rings (SSSR count). The van der Waals surface area contributed by atoms with Crippen LogP contribution in [0.4, 0.5) is 0 Å². The molecule has 0 radical (unpaired) electrons. The first-order valence-corrected chi connectivity index (χ1v) is 7.75. The largest absolute Gasteiger partial charge is 0.423 e. The van der Waals surface area contributed by atoms with Gasteiger partial charge in [-0.25, -0.2) is 0 Å². The van der Waals surface area contributed by atoms with Crippen molar-refractivity contribution < 1.29 is 9.21 Å². The molecule has 1 aromatic heterocycles. The molecule has 0 bridgehead atoms. The molecule has 1 amide bonds. The summed E-state index contributed by atoms with van der Waals surface area (Å²) in [5.41, 5.74) is 2.48. The molecular weight excluding hydrogens is 278 g/mol. The van der Waals surface area contributed by atoms with Gasteiger partial charge in [0.1, 0.15) is 0 Å². The van der Waals surface area contributed by atoms with Crippen molar-refractivity contribution in [2.75, 3.05) is 0 Å². The minimum absolute atomic E-state index is 0.0103. The van der Waals surface area contributed by atoms with Gasteiger partial charge in [0.05, 0.1) is 6.54 Å². The summed E-state index contributed by atoms with van der Waals surface area (Å²) >= 11 is 0. The first kappa shape index (κ1) is 16.2. The van der Waals surface area contributed by atoms with Crippen molar-refractivity contribution in [2.24, 2.45) is 0 Å². The second-order valence-corrected chi connectivity index (χ2v) is 5.64. The van der Waals surface area contributed by atoms with Crippen LogP contribution >= 0.6 is 0 Å². The number of aromatic nitrogens is 2. The van der Waals surface area contributed by atoms with Gasteiger partial charge in [-0.3, -0.25) is 4.79 Å². The van der Waals surface area contributed by atoms with Crippen LogP contribution in [-0.4, -0.2) is 16.1 Å². The molecule has 0 aliphatic rings. The summed E-state index contributed by atoms with van der Waals surface area (Å²) in [7, 11) is 0. The van der Waals surface area contributed by atoms with Gasteiger partial charge in [0, 0.05) is 12.3 Å². The molecule has 2 aromatic rings. The highest BCUT2D eigenvalue weighted by molar-refractivity contribution is 5.76. The molecule has 22 heavy (non-hydrogen) atoms. The number of hydrogen-bond acceptors (Lipinski definition) is 4. The van der Waals surface area contributed by atoms with Crippen molar-refractivity contribution >= 4 is 5.91 Å². The number of benzene rings is 1. The summed E-state index contributed by atoms with van der Waals surface area (Å²) in [4.78, 5) is 11.9. The predicted molar refractivity (Wildman–Crippen MR) is 84.4 cm³/mol. The number of hydrogen-bond donors (Lipinski definition) is 1. The Hall–Kier alpha value is -2.17. The van der Waals surface area contributed by atoms with Crippen LogP contribution in [0.25, 0.3) is 0 Å². The van der Waals surface area contributed by atoms with Crippen LogP contribution in [0.1, 0.15) is 56.0 Å². The molecular formula is C17H23N3O2. The molecule has 1 heterocycles. The summed E-state index contributed by atoms with van der Waals surface area (Å²) in [5.74, 6) is 1.23. The topological polar surface area (TPSA) is 68.0 Å². The molecule has 118 valence electrons. The van der Waals surface area contributed by atoms with E-state index in [1.54, 1.807) is 0 Å². The third-order valence-electron chi connectivity index (χ3n) is 3.49. The second-order valence-electron chi connectivity index (χ2n) is 5.64. The fraction of sp³-hybridized carbons (Fsp3) is 0.471. The Balaban J connectivity index is 1.75. The van der Waals surface area contributed by atoms with E-state index in [1.807, 2.05) is 13.8 Å². The molecule has 5 nitrogen and oxygen atoms in total. The van der Waals surface area contributed by atoms with Crippen molar-refractivity contribution in [1.82, 2.24) is 15.5 Å². The highest BCUT2D eigenvalue weighted by Crippen LogP contribution is 2.12. The van der Waals surface area contributed by atoms with Crippen LogP contribution in [-0.2, 0) is 24.2 Å². The van der Waals surface area contributed by atoms with Gasteiger partial charge < -0.3 is 9.73 Å². The number of carbonyl (C=O) groups is 1. The monoisotopic (exact) mass is 301 g/mol. The molecule has 0 atom stereocenters. The van der Waals surface area contributed by atoms with Crippen LogP contribution in [0.15, 0.2) is 28.7 Å². The van der Waals surface area contributed by atoms with E-state index in [2.05, 4.69) is 46.7 Å². The maximum Gasteiger partial charge on any atom is 0.235 e. The SMILES string of the molecule is CCc1ccc(CCC(=O)NCc2nnc(C(C)C)o2)cc1. The lowest BCUT2D eigenvalue weighted by Crippen LogP contribution is -2.23. The molecule has 0 fully saturated rings. The second kappa shape index (κ2) is 7.73. The van der Waals surface area contributed by atoms with Crippen LogP contribution in [0.5, 0.6) is 0 Å². The van der Waals surface area contributed by atoms with Gasteiger partial charge in [-0.05, 0) is 24.0 Å². The highest BCUT2D eigenvalue weighted by atomic mass is 16.4. The van der Waals surface area contributed by atoms with E-state index in [9.17, 15) is 4.79 Å². The number of nitrogens with zero attached hydrogens (tertiary/aromatic N) is 2. The number of nitrogens with one attached hydrogen (secondary N) is 1. The van der Waals surface area contributed by atoms with Gasteiger partial charge in [-0.15, -0.1) is 10.2 Å². The zero-order chi connectivity index (χ0) is 15.9. The summed E-state index contributed by atoms with van der Waals surface area (Å²) in [6, 6.07) is 8.39. The number of aryl methyl sites for hydroxylation is 2. The zero-order valence-electron chi connectivity index (χ0n) is 13.4. The molecule has 0 aliphatic carbocycles. The van der Waals surface area contributed by atoms with Crippen molar-refractivity contribution in [2.45, 2.75) is 52.5 Å². The van der Waals surface area contributed by atoms with E-state index in [0.717, 1.165) is 12.8 Å². The highest BCUT2D eigenvalue weighted by Gasteiger charge is 2.10. The quantitative estimate of drug-likeness (QED) is 0.853. The molecule has 0 aliphatic heterocycles. The van der Waals surface area contributed by atoms with Crippen molar-refractivity contribution in [3.05, 3.63) is 47.2 Å². The molecule has 0 saturated carbocycles. The Labute approximate surface area is 131 Å². The van der Waals surface area contributed by atoms with Gasteiger partial charge >= 0.3 is 0 Å². The van der Waals surface area contributed by atoms with Gasteiger partial charge in [0.2, 0.25) is 17.7 Å². The minimum atomic E-state index is -0.0103. The standard InChI is InChI=1S/C17H23N3O2/c1-4-13-5-7-14(8-6-13)9-10-15(21)18-11-16-19-20-17(22-16)12(2)3/h5-8,12H,4,9-11H2,1-3H3,(H,18,21). The summed E-state index contributed by atoms with van der Waals surface area (Å²) in [6.45, 7) is 6.39. The minimum Gasteiger partial charge on any atom is -0.423 e. The van der Waals surface area contributed by atoms with Crippen LogP contribution < -0.4 is 5.32 Å². The maximum atomic E-state index is 11.9. The van der Waals surface area contributed by atoms with E-state index in [-0.39, 0.29) is 18.4 Å². The summed E-state index contributed by atoms with van der Waals surface area (Å²) in [5, 5.41) is 10.7. The smallest absolute Gasteiger partial charge is 0.235 e. The van der Waals surface area contributed by atoms with Gasteiger partial charge in [0.25, 0.3) is 0 Å². The first-order valence-electron chi connectivity index (χ1n) is 7.75. The van der Waals surface area contributed by atoms with E-state index in [0.29, 0.717) is 18.2 Å². The number of carbonyl (C=O) groups excluding carboxylic acids is 1. The fourth-order valence-electron chi connectivity index (χ4n) is 2.03. The van der Waals surface area contributed by atoms with Crippen molar-refractivity contribution in [3.8, 4) is 0 Å². The molecule has 0 unspecified atom stereocenters. The number of amides is 1. The van der Waals surface area contributed by atoms with E-state index in [1.165, 1.54) is 11.1 Å². The zero-order valence-corrected chi connectivity index (χ0v) is 13.4. The predicted octanol–water partition coefficient (Wildman–Crippen LogP) is 3.00. The molecule has 1 aromatic carbocycles. The Morgan fingerprint density at radius 3 is 2.45 bits per heavy atom. The van der Waals surface area contributed by atoms with Gasteiger partial charge in [-0.2, -0.15) is 0 Å². The van der Waals surface area contributed by atoms with Crippen molar-refractivity contribution in [1.29, 1.82) is 0 Å².